The average molecular weight is 360 g/mol. The molecule has 2 rings (SSSR count). The molecule has 0 aromatic carbocycles. The Morgan fingerprint density at radius 3 is 2.73 bits per heavy atom. The zero-order chi connectivity index (χ0) is 19.3. The third-order valence-electron chi connectivity index (χ3n) is 5.47. The van der Waals surface area contributed by atoms with Crippen LogP contribution in [0.1, 0.15) is 66.2 Å². The number of carbonyl (C=O) groups is 2. The van der Waals surface area contributed by atoms with Crippen molar-refractivity contribution in [2.24, 2.45) is 5.92 Å². The Morgan fingerprint density at radius 2 is 2.08 bits per heavy atom. The van der Waals surface area contributed by atoms with Gasteiger partial charge in [0.05, 0.1) is 11.7 Å². The number of hydrogen-bond acceptors (Lipinski definition) is 4. The van der Waals surface area contributed by atoms with Crippen LogP contribution in [0.5, 0.6) is 0 Å². The van der Waals surface area contributed by atoms with Crippen LogP contribution in [0.2, 0.25) is 0 Å². The van der Waals surface area contributed by atoms with Gasteiger partial charge in [-0.15, -0.1) is 0 Å². The fraction of sp³-hybridized carbons (Fsp3) is 0.636. The van der Waals surface area contributed by atoms with Gasteiger partial charge in [-0.3, -0.25) is 9.59 Å². The maximum absolute atomic E-state index is 12.8. The van der Waals surface area contributed by atoms with E-state index in [1.54, 1.807) is 6.08 Å². The highest BCUT2D eigenvalue weighted by atomic mass is 16.6. The van der Waals surface area contributed by atoms with Gasteiger partial charge in [-0.25, -0.2) is 0 Å². The highest BCUT2D eigenvalue weighted by molar-refractivity contribution is 5.94. The molecule has 0 unspecified atom stereocenters. The first-order chi connectivity index (χ1) is 12.2. The van der Waals surface area contributed by atoms with Gasteiger partial charge < -0.3 is 9.47 Å². The largest absolute Gasteiger partial charge is 0.461 e. The van der Waals surface area contributed by atoms with E-state index < -0.39 is 0 Å². The molecule has 1 heterocycles. The molecular weight excluding hydrogens is 328 g/mol. The Bertz CT molecular complexity index is 628. The maximum atomic E-state index is 12.8. The van der Waals surface area contributed by atoms with Gasteiger partial charge in [0.25, 0.3) is 0 Å². The van der Waals surface area contributed by atoms with Gasteiger partial charge in [0, 0.05) is 12.8 Å². The number of ether oxygens (including phenoxy) is 2. The molecule has 2 aliphatic rings. The van der Waals surface area contributed by atoms with Gasteiger partial charge in [0.15, 0.2) is 5.78 Å². The first kappa shape index (κ1) is 20.6. The lowest BCUT2D eigenvalue weighted by Gasteiger charge is -2.16. The van der Waals surface area contributed by atoms with Crippen LogP contribution in [-0.2, 0) is 19.1 Å². The Labute approximate surface area is 157 Å². The topological polar surface area (TPSA) is 55.9 Å². The minimum atomic E-state index is -0.331. The molecule has 0 saturated carbocycles. The molecule has 1 fully saturated rings. The monoisotopic (exact) mass is 360 g/mol. The molecule has 0 amide bonds. The highest BCUT2D eigenvalue weighted by Crippen LogP contribution is 2.43. The van der Waals surface area contributed by atoms with Crippen molar-refractivity contribution in [1.82, 2.24) is 0 Å². The summed E-state index contributed by atoms with van der Waals surface area (Å²) in [6.45, 7) is 11.8. The minimum Gasteiger partial charge on any atom is -0.461 e. The van der Waals surface area contributed by atoms with E-state index in [1.165, 1.54) is 12.5 Å². The number of epoxide rings is 1. The minimum absolute atomic E-state index is 0.0578. The van der Waals surface area contributed by atoms with Crippen molar-refractivity contribution < 1.29 is 19.1 Å². The number of fused-ring (bicyclic) bond motifs is 1. The summed E-state index contributed by atoms with van der Waals surface area (Å²) in [5, 5.41) is 0. The molecule has 1 saturated heterocycles. The summed E-state index contributed by atoms with van der Waals surface area (Å²) >= 11 is 0. The van der Waals surface area contributed by atoms with E-state index in [9.17, 15) is 9.59 Å². The Morgan fingerprint density at radius 1 is 1.35 bits per heavy atom. The lowest BCUT2D eigenvalue weighted by molar-refractivity contribution is -0.140. The number of esters is 1. The predicted molar refractivity (Wildman–Crippen MR) is 103 cm³/mol. The summed E-state index contributed by atoms with van der Waals surface area (Å²) < 4.78 is 11.1. The lowest BCUT2D eigenvalue weighted by atomic mass is 9.88. The zero-order valence-electron chi connectivity index (χ0n) is 16.6. The third-order valence-corrected chi connectivity index (χ3v) is 5.47. The van der Waals surface area contributed by atoms with Crippen LogP contribution in [0, 0.1) is 5.92 Å². The van der Waals surface area contributed by atoms with E-state index in [0.29, 0.717) is 6.42 Å². The van der Waals surface area contributed by atoms with Crippen LogP contribution in [0.25, 0.3) is 0 Å². The number of allylic oxidation sites excluding steroid dienone is 4. The number of ketones is 1. The first-order valence-corrected chi connectivity index (χ1v) is 9.57. The van der Waals surface area contributed by atoms with Crippen molar-refractivity contribution >= 4 is 11.8 Å². The molecule has 4 nitrogen and oxygen atoms in total. The molecule has 0 spiro atoms. The normalized spacial score (nSPS) is 34.4. The molecule has 1 aliphatic heterocycles. The molecular formula is C22H32O4. The van der Waals surface area contributed by atoms with Crippen LogP contribution in [0.15, 0.2) is 35.5 Å². The highest BCUT2D eigenvalue weighted by Gasteiger charge is 2.50. The SMILES string of the molecule is C=C(C)[C@H]1CC/C(C)=C/CC[C@]2(C)O[C@H]2CC/C(COC(C)=O)=C\C1=O. The summed E-state index contributed by atoms with van der Waals surface area (Å²) in [7, 11) is 0. The van der Waals surface area contributed by atoms with Gasteiger partial charge in [-0.05, 0) is 70.9 Å². The standard InChI is InChI=1S/C22H32O4/c1-15(2)19-10-8-16(3)7-6-12-22(5)21(26-22)11-9-18(13-20(19)24)14-25-17(4)23/h7,13,19,21H,1,6,8-12,14H2,2-5H3/b16-7+,18-13+/t19-,21+,22+/m1/s1. The van der Waals surface area contributed by atoms with Crippen molar-refractivity contribution in [3.05, 3.63) is 35.5 Å². The predicted octanol–water partition coefficient (Wildman–Crippen LogP) is 4.70. The van der Waals surface area contributed by atoms with E-state index in [1.807, 2.05) is 6.92 Å². The number of carbonyl (C=O) groups excluding carboxylic acids is 2. The second-order valence-electron chi connectivity index (χ2n) is 7.97. The molecule has 0 aromatic heterocycles. The number of hydrogen-bond donors (Lipinski definition) is 0. The van der Waals surface area contributed by atoms with E-state index in [-0.39, 0.29) is 36.0 Å². The van der Waals surface area contributed by atoms with Crippen molar-refractivity contribution in [2.75, 3.05) is 6.61 Å². The zero-order valence-corrected chi connectivity index (χ0v) is 16.6. The van der Waals surface area contributed by atoms with Gasteiger partial charge in [-0.2, -0.15) is 0 Å². The van der Waals surface area contributed by atoms with Crippen molar-refractivity contribution in [1.29, 1.82) is 0 Å². The van der Waals surface area contributed by atoms with Crippen molar-refractivity contribution in [2.45, 2.75) is 77.9 Å². The molecule has 0 aromatic rings. The van der Waals surface area contributed by atoms with E-state index in [0.717, 1.165) is 43.3 Å². The van der Waals surface area contributed by atoms with Crippen LogP contribution < -0.4 is 0 Å². The van der Waals surface area contributed by atoms with E-state index in [2.05, 4.69) is 26.5 Å². The number of rotatable bonds is 3. The Hall–Kier alpha value is -1.68. The van der Waals surface area contributed by atoms with Gasteiger partial charge >= 0.3 is 5.97 Å². The summed E-state index contributed by atoms with van der Waals surface area (Å²) in [5.74, 6) is -0.456. The lowest BCUT2D eigenvalue weighted by Crippen LogP contribution is -2.16. The third kappa shape index (κ3) is 5.94. The molecule has 144 valence electrons. The molecule has 3 atom stereocenters. The summed E-state index contributed by atoms with van der Waals surface area (Å²) in [6.07, 6.45) is 9.38. The molecule has 0 bridgehead atoms. The summed E-state index contributed by atoms with van der Waals surface area (Å²) in [5.41, 5.74) is 3.00. The van der Waals surface area contributed by atoms with Crippen molar-refractivity contribution in [3.8, 4) is 0 Å². The smallest absolute Gasteiger partial charge is 0.302 e. The van der Waals surface area contributed by atoms with Crippen LogP contribution in [0.3, 0.4) is 0 Å². The molecule has 0 radical (unpaired) electrons. The van der Waals surface area contributed by atoms with Gasteiger partial charge in [0.2, 0.25) is 0 Å². The fourth-order valence-corrected chi connectivity index (χ4v) is 3.58. The van der Waals surface area contributed by atoms with Gasteiger partial charge in [-0.1, -0.05) is 23.8 Å². The quantitative estimate of drug-likeness (QED) is 0.416. The van der Waals surface area contributed by atoms with Crippen LogP contribution in [-0.4, -0.2) is 30.1 Å². The fourth-order valence-electron chi connectivity index (χ4n) is 3.58. The van der Waals surface area contributed by atoms with Crippen molar-refractivity contribution in [3.63, 3.8) is 0 Å². The summed E-state index contributed by atoms with van der Waals surface area (Å²) in [6, 6.07) is 0. The maximum Gasteiger partial charge on any atom is 0.302 e. The molecule has 0 N–H and O–H groups in total. The van der Waals surface area contributed by atoms with Crippen LogP contribution >= 0.6 is 0 Å². The van der Waals surface area contributed by atoms with E-state index in [4.69, 9.17) is 9.47 Å². The molecule has 1 aliphatic carbocycles. The summed E-state index contributed by atoms with van der Waals surface area (Å²) in [4.78, 5) is 24.0. The Kier molecular flexibility index (Phi) is 6.99. The first-order valence-electron chi connectivity index (χ1n) is 9.57. The molecule has 26 heavy (non-hydrogen) atoms. The van der Waals surface area contributed by atoms with E-state index >= 15 is 0 Å². The Balaban J connectivity index is 2.19. The van der Waals surface area contributed by atoms with Gasteiger partial charge in [0.1, 0.15) is 6.61 Å². The molecule has 4 heteroatoms. The second kappa shape index (κ2) is 8.81. The average Bonchev–Trinajstić information content (AvgIpc) is 3.19. The van der Waals surface area contributed by atoms with Crippen LogP contribution in [0.4, 0.5) is 0 Å². The second-order valence-corrected chi connectivity index (χ2v) is 7.97.